The molecule has 100 valence electrons. The number of halogens is 1. The lowest BCUT2D eigenvalue weighted by Gasteiger charge is -2.17. The number of hydrogen-bond acceptors (Lipinski definition) is 3. The summed E-state index contributed by atoms with van der Waals surface area (Å²) < 4.78 is 13.5. The fraction of sp³-hybridized carbons (Fsp3) is 0.333. The molecule has 4 heteroatoms. The SMILES string of the molecule is CC(C)(C)c1nccc(NCc2ccccc2F)n1. The van der Waals surface area contributed by atoms with Crippen LogP contribution in [-0.4, -0.2) is 9.97 Å². The highest BCUT2D eigenvalue weighted by Crippen LogP contribution is 2.19. The minimum atomic E-state index is -0.208. The van der Waals surface area contributed by atoms with Gasteiger partial charge in [0.05, 0.1) is 0 Å². The molecule has 0 aliphatic heterocycles. The summed E-state index contributed by atoms with van der Waals surface area (Å²) >= 11 is 0. The number of nitrogens with one attached hydrogen (secondary N) is 1. The normalized spacial score (nSPS) is 11.4. The minimum Gasteiger partial charge on any atom is -0.366 e. The second-order valence-corrected chi connectivity index (χ2v) is 5.46. The fourth-order valence-corrected chi connectivity index (χ4v) is 1.65. The van der Waals surface area contributed by atoms with Crippen LogP contribution in [0.2, 0.25) is 0 Å². The molecule has 0 aliphatic carbocycles. The molecule has 19 heavy (non-hydrogen) atoms. The van der Waals surface area contributed by atoms with E-state index < -0.39 is 0 Å². The van der Waals surface area contributed by atoms with E-state index in [0.29, 0.717) is 17.9 Å². The molecule has 1 aromatic heterocycles. The molecule has 0 saturated heterocycles. The summed E-state index contributed by atoms with van der Waals surface area (Å²) in [6.45, 7) is 6.59. The molecule has 0 bridgehead atoms. The molecule has 0 unspecified atom stereocenters. The van der Waals surface area contributed by atoms with Crippen molar-refractivity contribution in [1.82, 2.24) is 9.97 Å². The van der Waals surface area contributed by atoms with Crippen LogP contribution in [-0.2, 0) is 12.0 Å². The maximum absolute atomic E-state index is 13.5. The van der Waals surface area contributed by atoms with Gasteiger partial charge in [-0.25, -0.2) is 14.4 Å². The molecule has 1 heterocycles. The Balaban J connectivity index is 2.10. The van der Waals surface area contributed by atoms with Gasteiger partial charge in [-0.05, 0) is 12.1 Å². The van der Waals surface area contributed by atoms with Crippen LogP contribution in [0.25, 0.3) is 0 Å². The Morgan fingerprint density at radius 2 is 1.89 bits per heavy atom. The van der Waals surface area contributed by atoms with Crippen molar-refractivity contribution in [3.63, 3.8) is 0 Å². The Morgan fingerprint density at radius 1 is 1.16 bits per heavy atom. The Kier molecular flexibility index (Phi) is 3.79. The zero-order valence-electron chi connectivity index (χ0n) is 11.4. The Morgan fingerprint density at radius 3 is 2.58 bits per heavy atom. The van der Waals surface area contributed by atoms with E-state index in [2.05, 4.69) is 36.1 Å². The predicted molar refractivity (Wildman–Crippen MR) is 74.5 cm³/mol. The van der Waals surface area contributed by atoms with Crippen molar-refractivity contribution in [3.05, 3.63) is 53.7 Å². The largest absolute Gasteiger partial charge is 0.366 e. The Hall–Kier alpha value is -1.97. The molecule has 1 N–H and O–H groups in total. The van der Waals surface area contributed by atoms with Crippen LogP contribution in [0, 0.1) is 5.82 Å². The molecular weight excluding hydrogens is 241 g/mol. The first-order chi connectivity index (χ1) is 8.97. The lowest BCUT2D eigenvalue weighted by Crippen LogP contribution is -2.16. The molecule has 2 rings (SSSR count). The van der Waals surface area contributed by atoms with Gasteiger partial charge in [0, 0.05) is 23.7 Å². The Labute approximate surface area is 112 Å². The van der Waals surface area contributed by atoms with Gasteiger partial charge >= 0.3 is 0 Å². The van der Waals surface area contributed by atoms with Gasteiger partial charge in [0.2, 0.25) is 0 Å². The third-order valence-electron chi connectivity index (χ3n) is 2.74. The van der Waals surface area contributed by atoms with Gasteiger partial charge in [-0.15, -0.1) is 0 Å². The van der Waals surface area contributed by atoms with E-state index in [-0.39, 0.29) is 11.2 Å². The number of hydrogen-bond donors (Lipinski definition) is 1. The van der Waals surface area contributed by atoms with Crippen molar-refractivity contribution in [1.29, 1.82) is 0 Å². The fourth-order valence-electron chi connectivity index (χ4n) is 1.65. The first-order valence-electron chi connectivity index (χ1n) is 6.27. The van der Waals surface area contributed by atoms with Crippen molar-refractivity contribution in [2.75, 3.05) is 5.32 Å². The van der Waals surface area contributed by atoms with E-state index in [1.165, 1.54) is 6.07 Å². The average molecular weight is 259 g/mol. The van der Waals surface area contributed by atoms with Crippen molar-refractivity contribution in [2.45, 2.75) is 32.7 Å². The summed E-state index contributed by atoms with van der Waals surface area (Å²) in [5, 5.41) is 3.12. The second kappa shape index (κ2) is 5.34. The van der Waals surface area contributed by atoms with Gasteiger partial charge in [0.1, 0.15) is 17.5 Å². The molecule has 0 spiro atoms. The minimum absolute atomic E-state index is 0.102. The number of anilines is 1. The quantitative estimate of drug-likeness (QED) is 0.916. The summed E-state index contributed by atoms with van der Waals surface area (Å²) in [5.74, 6) is 1.27. The van der Waals surface area contributed by atoms with Gasteiger partial charge < -0.3 is 5.32 Å². The number of benzene rings is 1. The molecule has 0 amide bonds. The highest BCUT2D eigenvalue weighted by Gasteiger charge is 2.17. The van der Waals surface area contributed by atoms with Crippen molar-refractivity contribution >= 4 is 5.82 Å². The van der Waals surface area contributed by atoms with Gasteiger partial charge in [-0.1, -0.05) is 39.0 Å². The molecule has 0 fully saturated rings. The maximum Gasteiger partial charge on any atom is 0.135 e. The first kappa shape index (κ1) is 13.5. The Bertz CT molecular complexity index is 561. The zero-order chi connectivity index (χ0) is 13.9. The summed E-state index contributed by atoms with van der Waals surface area (Å²) in [6, 6.07) is 8.50. The third kappa shape index (κ3) is 3.50. The lowest BCUT2D eigenvalue weighted by atomic mass is 9.96. The summed E-state index contributed by atoms with van der Waals surface area (Å²) in [6.07, 6.45) is 1.72. The van der Waals surface area contributed by atoms with Crippen molar-refractivity contribution in [2.24, 2.45) is 0 Å². The van der Waals surface area contributed by atoms with E-state index in [4.69, 9.17) is 0 Å². The smallest absolute Gasteiger partial charge is 0.135 e. The van der Waals surface area contributed by atoms with E-state index in [1.54, 1.807) is 24.4 Å². The zero-order valence-corrected chi connectivity index (χ0v) is 11.4. The van der Waals surface area contributed by atoms with Crippen LogP contribution in [0.15, 0.2) is 36.5 Å². The van der Waals surface area contributed by atoms with Crippen molar-refractivity contribution in [3.8, 4) is 0 Å². The monoisotopic (exact) mass is 259 g/mol. The summed E-state index contributed by atoms with van der Waals surface area (Å²) in [5.41, 5.74) is 0.522. The van der Waals surface area contributed by atoms with Crippen LogP contribution < -0.4 is 5.32 Å². The molecule has 3 nitrogen and oxygen atoms in total. The highest BCUT2D eigenvalue weighted by atomic mass is 19.1. The lowest BCUT2D eigenvalue weighted by molar-refractivity contribution is 0.545. The predicted octanol–water partition coefficient (Wildman–Crippen LogP) is 3.53. The maximum atomic E-state index is 13.5. The van der Waals surface area contributed by atoms with Crippen LogP contribution in [0.4, 0.5) is 10.2 Å². The molecule has 2 aromatic rings. The standard InChI is InChI=1S/C15H18FN3/c1-15(2,3)14-17-9-8-13(19-14)18-10-11-6-4-5-7-12(11)16/h4-9H,10H2,1-3H3,(H,17,18,19). The molecular formula is C15H18FN3. The van der Waals surface area contributed by atoms with Crippen LogP contribution in [0.3, 0.4) is 0 Å². The summed E-state index contributed by atoms with van der Waals surface area (Å²) in [4.78, 5) is 8.70. The van der Waals surface area contributed by atoms with Crippen LogP contribution in [0.5, 0.6) is 0 Å². The van der Waals surface area contributed by atoms with E-state index >= 15 is 0 Å². The number of aromatic nitrogens is 2. The third-order valence-corrected chi connectivity index (χ3v) is 2.74. The highest BCUT2D eigenvalue weighted by molar-refractivity contribution is 5.35. The molecule has 0 aliphatic rings. The van der Waals surface area contributed by atoms with Crippen LogP contribution in [0.1, 0.15) is 32.2 Å². The van der Waals surface area contributed by atoms with Gasteiger partial charge in [0.15, 0.2) is 0 Å². The first-order valence-corrected chi connectivity index (χ1v) is 6.27. The van der Waals surface area contributed by atoms with E-state index in [9.17, 15) is 4.39 Å². The van der Waals surface area contributed by atoms with Crippen molar-refractivity contribution < 1.29 is 4.39 Å². The van der Waals surface area contributed by atoms with E-state index in [0.717, 1.165) is 5.82 Å². The molecule has 0 radical (unpaired) electrons. The molecule has 0 saturated carbocycles. The van der Waals surface area contributed by atoms with E-state index in [1.807, 2.05) is 6.07 Å². The average Bonchev–Trinajstić information content (AvgIpc) is 2.37. The summed E-state index contributed by atoms with van der Waals surface area (Å²) in [7, 11) is 0. The van der Waals surface area contributed by atoms with Gasteiger partial charge in [-0.2, -0.15) is 0 Å². The van der Waals surface area contributed by atoms with Crippen LogP contribution >= 0.6 is 0 Å². The molecule has 0 atom stereocenters. The number of rotatable bonds is 3. The van der Waals surface area contributed by atoms with Gasteiger partial charge in [0.25, 0.3) is 0 Å². The molecule has 1 aromatic carbocycles. The topological polar surface area (TPSA) is 37.8 Å². The second-order valence-electron chi connectivity index (χ2n) is 5.46. The van der Waals surface area contributed by atoms with Gasteiger partial charge in [-0.3, -0.25) is 0 Å². The number of nitrogens with zero attached hydrogens (tertiary/aromatic N) is 2.